The molecule has 0 radical (unpaired) electrons. The predicted octanol–water partition coefficient (Wildman–Crippen LogP) is 2.74. The summed E-state index contributed by atoms with van der Waals surface area (Å²) in [5.41, 5.74) is -0.353. The third-order valence-electron chi connectivity index (χ3n) is 2.07. The molecule has 0 bridgehead atoms. The SMILES string of the molecule is O=C(c1ccn(Cc2nccs2)c1)C(F)(F)F. The van der Waals surface area contributed by atoms with Gasteiger partial charge in [0.05, 0.1) is 6.54 Å². The van der Waals surface area contributed by atoms with Crippen molar-refractivity contribution in [2.24, 2.45) is 0 Å². The maximum atomic E-state index is 12.2. The van der Waals surface area contributed by atoms with E-state index in [4.69, 9.17) is 0 Å². The summed E-state index contributed by atoms with van der Waals surface area (Å²) < 4.78 is 38.0. The third kappa shape index (κ3) is 2.73. The fourth-order valence-electron chi connectivity index (χ4n) is 1.32. The number of aromatic nitrogens is 2. The summed E-state index contributed by atoms with van der Waals surface area (Å²) in [6, 6.07) is 1.16. The minimum Gasteiger partial charge on any atom is -0.347 e. The molecule has 0 unspecified atom stereocenters. The van der Waals surface area contributed by atoms with E-state index in [9.17, 15) is 18.0 Å². The normalized spacial score (nSPS) is 11.7. The highest BCUT2D eigenvalue weighted by molar-refractivity contribution is 7.09. The topological polar surface area (TPSA) is 34.9 Å². The maximum Gasteiger partial charge on any atom is 0.454 e. The van der Waals surface area contributed by atoms with Gasteiger partial charge in [-0.3, -0.25) is 4.79 Å². The minimum absolute atomic E-state index is 0.353. The number of Topliss-reactive ketones (excluding diaryl/α,β-unsaturated/α-hetero) is 1. The lowest BCUT2D eigenvalue weighted by atomic mass is 10.2. The van der Waals surface area contributed by atoms with E-state index in [1.54, 1.807) is 11.6 Å². The van der Waals surface area contributed by atoms with Crippen molar-refractivity contribution >= 4 is 17.1 Å². The van der Waals surface area contributed by atoms with Gasteiger partial charge < -0.3 is 4.57 Å². The van der Waals surface area contributed by atoms with Crippen LogP contribution in [0.1, 0.15) is 15.4 Å². The first-order valence-corrected chi connectivity index (χ1v) is 5.50. The molecule has 0 amide bonds. The fourth-order valence-corrected chi connectivity index (χ4v) is 1.95. The van der Waals surface area contributed by atoms with Crippen molar-refractivity contribution in [3.8, 4) is 0 Å². The van der Waals surface area contributed by atoms with Crippen molar-refractivity contribution in [1.29, 1.82) is 0 Å². The van der Waals surface area contributed by atoms with Crippen LogP contribution >= 0.6 is 11.3 Å². The molecule has 0 atom stereocenters. The summed E-state index contributed by atoms with van der Waals surface area (Å²) in [4.78, 5) is 14.9. The van der Waals surface area contributed by atoms with Crippen LogP contribution in [0.25, 0.3) is 0 Å². The molecule has 3 nitrogen and oxygen atoms in total. The second-order valence-corrected chi connectivity index (χ2v) is 4.30. The van der Waals surface area contributed by atoms with E-state index >= 15 is 0 Å². The number of thiazole rings is 1. The van der Waals surface area contributed by atoms with E-state index < -0.39 is 12.0 Å². The first-order valence-electron chi connectivity index (χ1n) is 4.62. The predicted molar refractivity (Wildman–Crippen MR) is 56.0 cm³/mol. The lowest BCUT2D eigenvalue weighted by molar-refractivity contribution is -0.0885. The van der Waals surface area contributed by atoms with Crippen LogP contribution in [0.15, 0.2) is 30.0 Å². The zero-order chi connectivity index (χ0) is 12.5. The van der Waals surface area contributed by atoms with Gasteiger partial charge in [-0.15, -0.1) is 11.3 Å². The molecule has 0 aromatic carbocycles. The number of hydrogen-bond donors (Lipinski definition) is 0. The molecule has 0 spiro atoms. The molecule has 0 saturated carbocycles. The van der Waals surface area contributed by atoms with Gasteiger partial charge in [-0.1, -0.05) is 0 Å². The molecule has 2 rings (SSSR count). The minimum atomic E-state index is -4.83. The number of rotatable bonds is 3. The van der Waals surface area contributed by atoms with Crippen LogP contribution in [0.3, 0.4) is 0 Å². The van der Waals surface area contributed by atoms with Crippen molar-refractivity contribution in [1.82, 2.24) is 9.55 Å². The van der Waals surface area contributed by atoms with Crippen LogP contribution in [0.2, 0.25) is 0 Å². The van der Waals surface area contributed by atoms with Crippen molar-refractivity contribution in [3.05, 3.63) is 40.6 Å². The Morgan fingerprint density at radius 1 is 1.47 bits per heavy atom. The lowest BCUT2D eigenvalue weighted by Crippen LogP contribution is -2.22. The summed E-state index contributed by atoms with van der Waals surface area (Å²) in [6.07, 6.45) is -0.601. The molecule has 0 N–H and O–H groups in total. The van der Waals surface area contributed by atoms with Gasteiger partial charge in [-0.05, 0) is 6.07 Å². The highest BCUT2D eigenvalue weighted by Crippen LogP contribution is 2.21. The Labute approximate surface area is 98.5 Å². The summed E-state index contributed by atoms with van der Waals surface area (Å²) in [5, 5.41) is 2.55. The summed E-state index contributed by atoms with van der Waals surface area (Å²) >= 11 is 1.40. The van der Waals surface area contributed by atoms with Crippen LogP contribution in [0.4, 0.5) is 13.2 Å². The number of nitrogens with zero attached hydrogens (tertiary/aromatic N) is 2. The first-order chi connectivity index (χ1) is 7.97. The van der Waals surface area contributed by atoms with E-state index in [0.29, 0.717) is 6.54 Å². The zero-order valence-corrected chi connectivity index (χ0v) is 9.26. The van der Waals surface area contributed by atoms with Crippen LogP contribution < -0.4 is 0 Å². The molecule has 2 aromatic rings. The van der Waals surface area contributed by atoms with Gasteiger partial charge in [0.1, 0.15) is 5.01 Å². The molecule has 0 fully saturated rings. The summed E-state index contributed by atoms with van der Waals surface area (Å²) in [6.45, 7) is 0.364. The molecular weight excluding hydrogens is 253 g/mol. The van der Waals surface area contributed by atoms with Crippen LogP contribution in [0, 0.1) is 0 Å². The largest absolute Gasteiger partial charge is 0.454 e. The molecule has 0 saturated heterocycles. The number of hydrogen-bond acceptors (Lipinski definition) is 3. The van der Waals surface area contributed by atoms with E-state index in [2.05, 4.69) is 4.98 Å². The van der Waals surface area contributed by atoms with Gasteiger partial charge in [-0.25, -0.2) is 4.98 Å². The Balaban J connectivity index is 2.14. The molecule has 2 aromatic heterocycles. The van der Waals surface area contributed by atoms with Crippen molar-refractivity contribution < 1.29 is 18.0 Å². The Hall–Kier alpha value is -1.63. The Kier molecular flexibility index (Phi) is 3.01. The molecule has 0 aliphatic rings. The molecule has 7 heteroatoms. The van der Waals surface area contributed by atoms with Gasteiger partial charge >= 0.3 is 6.18 Å². The number of ketones is 1. The molecule has 90 valence electrons. The van der Waals surface area contributed by atoms with Crippen LogP contribution in [0.5, 0.6) is 0 Å². The van der Waals surface area contributed by atoms with Gasteiger partial charge in [0.2, 0.25) is 0 Å². The van der Waals surface area contributed by atoms with Gasteiger partial charge in [0, 0.05) is 29.5 Å². The number of alkyl halides is 3. The van der Waals surface area contributed by atoms with Gasteiger partial charge in [-0.2, -0.15) is 13.2 Å². The molecule has 0 aliphatic carbocycles. The standard InChI is InChI=1S/C10H7F3N2OS/c11-10(12,13)9(16)7-1-3-15(5-7)6-8-14-2-4-17-8/h1-5H,6H2. The Bertz CT molecular complexity index is 516. The van der Waals surface area contributed by atoms with Crippen molar-refractivity contribution in [2.45, 2.75) is 12.7 Å². The number of carbonyl (C=O) groups is 1. The highest BCUT2D eigenvalue weighted by Gasteiger charge is 2.39. The molecular formula is C10H7F3N2OS. The van der Waals surface area contributed by atoms with Crippen LogP contribution in [-0.2, 0) is 6.54 Å². The van der Waals surface area contributed by atoms with Crippen LogP contribution in [-0.4, -0.2) is 21.5 Å². The lowest BCUT2D eigenvalue weighted by Gasteiger charge is -2.02. The second-order valence-electron chi connectivity index (χ2n) is 3.33. The monoisotopic (exact) mass is 260 g/mol. The van der Waals surface area contributed by atoms with Gasteiger partial charge in [0.25, 0.3) is 5.78 Å². The summed E-state index contributed by atoms with van der Waals surface area (Å²) in [5.74, 6) is -1.82. The summed E-state index contributed by atoms with van der Waals surface area (Å²) in [7, 11) is 0. The molecule has 17 heavy (non-hydrogen) atoms. The van der Waals surface area contributed by atoms with E-state index in [1.807, 2.05) is 0 Å². The van der Waals surface area contributed by atoms with Gasteiger partial charge in [0.15, 0.2) is 0 Å². The highest BCUT2D eigenvalue weighted by atomic mass is 32.1. The van der Waals surface area contributed by atoms with Crippen molar-refractivity contribution in [3.63, 3.8) is 0 Å². The Morgan fingerprint density at radius 3 is 2.82 bits per heavy atom. The van der Waals surface area contributed by atoms with Crippen molar-refractivity contribution in [2.75, 3.05) is 0 Å². The molecule has 0 aliphatic heterocycles. The average Bonchev–Trinajstić information content (AvgIpc) is 2.87. The van der Waals surface area contributed by atoms with E-state index in [1.165, 1.54) is 28.3 Å². The molecule has 2 heterocycles. The maximum absolute atomic E-state index is 12.2. The third-order valence-corrected chi connectivity index (χ3v) is 2.84. The zero-order valence-electron chi connectivity index (χ0n) is 8.44. The first kappa shape index (κ1) is 11.8. The van der Waals surface area contributed by atoms with E-state index in [0.717, 1.165) is 11.1 Å². The fraction of sp³-hybridized carbons (Fsp3) is 0.200. The Morgan fingerprint density at radius 2 is 2.24 bits per heavy atom. The number of halogens is 3. The van der Waals surface area contributed by atoms with E-state index in [-0.39, 0.29) is 5.56 Å². The quantitative estimate of drug-likeness (QED) is 0.795. The average molecular weight is 260 g/mol. The number of carbonyl (C=O) groups excluding carboxylic acids is 1. The second kappa shape index (κ2) is 4.33. The smallest absolute Gasteiger partial charge is 0.347 e.